The Labute approximate surface area is 181 Å². The second-order valence-corrected chi connectivity index (χ2v) is 7.90. The van der Waals surface area contributed by atoms with E-state index in [4.69, 9.17) is 4.74 Å². The third-order valence-corrected chi connectivity index (χ3v) is 5.86. The lowest BCUT2D eigenvalue weighted by Gasteiger charge is -2.31. The molecule has 1 aliphatic carbocycles. The van der Waals surface area contributed by atoms with Crippen molar-refractivity contribution in [3.63, 3.8) is 0 Å². The summed E-state index contributed by atoms with van der Waals surface area (Å²) in [6.07, 6.45) is -1.58. The van der Waals surface area contributed by atoms with Gasteiger partial charge in [-0.05, 0) is 25.3 Å². The van der Waals surface area contributed by atoms with Crippen molar-refractivity contribution in [1.29, 1.82) is 0 Å². The monoisotopic (exact) mass is 448 g/mol. The average molecular weight is 448 g/mol. The Hall–Kier alpha value is -3.14. The van der Waals surface area contributed by atoms with Gasteiger partial charge in [-0.3, -0.25) is 14.7 Å². The minimum atomic E-state index is -4.75. The first-order valence-electron chi connectivity index (χ1n) is 10.3. The van der Waals surface area contributed by atoms with Crippen molar-refractivity contribution in [2.24, 2.45) is 0 Å². The molecule has 1 aliphatic rings. The van der Waals surface area contributed by atoms with Crippen molar-refractivity contribution in [3.05, 3.63) is 57.6 Å². The number of methoxy groups -OCH3 is 1. The molecule has 2 aromatic heterocycles. The van der Waals surface area contributed by atoms with E-state index >= 15 is 0 Å². The number of hydrogen-bond acceptors (Lipinski definition) is 4. The summed E-state index contributed by atoms with van der Waals surface area (Å²) < 4.78 is 47.5. The SMILES string of the molecule is COC1CCCCC1NC(=O)c1c(C)nc2c(-c3ccccc3)c(C(F)(F)F)[nH]n2c1=O. The van der Waals surface area contributed by atoms with E-state index in [1.165, 1.54) is 19.1 Å². The van der Waals surface area contributed by atoms with Gasteiger partial charge in [0, 0.05) is 7.11 Å². The van der Waals surface area contributed by atoms with E-state index in [0.29, 0.717) is 10.9 Å². The first-order valence-corrected chi connectivity index (χ1v) is 10.3. The zero-order valence-corrected chi connectivity index (χ0v) is 17.6. The van der Waals surface area contributed by atoms with Crippen molar-refractivity contribution in [1.82, 2.24) is 19.9 Å². The summed E-state index contributed by atoms with van der Waals surface area (Å²) in [7, 11) is 1.56. The van der Waals surface area contributed by atoms with Crippen molar-refractivity contribution in [2.75, 3.05) is 7.11 Å². The van der Waals surface area contributed by atoms with E-state index in [1.54, 1.807) is 25.3 Å². The number of carbonyl (C=O) groups excluding carboxylic acids is 1. The van der Waals surface area contributed by atoms with E-state index < -0.39 is 23.3 Å². The molecule has 1 amide bonds. The number of nitrogens with one attached hydrogen (secondary N) is 2. The highest BCUT2D eigenvalue weighted by molar-refractivity contribution is 5.95. The smallest absolute Gasteiger partial charge is 0.379 e. The predicted octanol–water partition coefficient (Wildman–Crippen LogP) is 3.70. The fraction of sp³-hybridized carbons (Fsp3) is 0.409. The van der Waals surface area contributed by atoms with Crippen LogP contribution in [0.4, 0.5) is 13.2 Å². The molecule has 2 unspecified atom stereocenters. The van der Waals surface area contributed by atoms with Crippen LogP contribution >= 0.6 is 0 Å². The number of alkyl halides is 3. The van der Waals surface area contributed by atoms with E-state index in [2.05, 4.69) is 15.4 Å². The molecule has 7 nitrogen and oxygen atoms in total. The largest absolute Gasteiger partial charge is 0.433 e. The van der Waals surface area contributed by atoms with E-state index in [0.717, 1.165) is 19.3 Å². The number of nitrogens with zero attached hydrogens (tertiary/aromatic N) is 2. The number of aromatic nitrogens is 3. The number of aryl methyl sites for hydroxylation is 1. The molecule has 2 atom stereocenters. The van der Waals surface area contributed by atoms with Crippen molar-refractivity contribution in [3.8, 4) is 11.1 Å². The highest BCUT2D eigenvalue weighted by Crippen LogP contribution is 2.38. The summed E-state index contributed by atoms with van der Waals surface area (Å²) >= 11 is 0. The van der Waals surface area contributed by atoms with Crippen molar-refractivity contribution < 1.29 is 22.7 Å². The van der Waals surface area contributed by atoms with Crippen LogP contribution in [0.5, 0.6) is 0 Å². The third kappa shape index (κ3) is 3.90. The molecule has 1 saturated carbocycles. The Balaban J connectivity index is 1.83. The molecule has 2 N–H and O–H groups in total. The molecular weight excluding hydrogens is 425 g/mol. The summed E-state index contributed by atoms with van der Waals surface area (Å²) in [5.41, 5.74) is -2.39. The lowest BCUT2D eigenvalue weighted by molar-refractivity contribution is -0.140. The van der Waals surface area contributed by atoms with Gasteiger partial charge >= 0.3 is 6.18 Å². The minimum Gasteiger partial charge on any atom is -0.379 e. The maximum Gasteiger partial charge on any atom is 0.433 e. The van der Waals surface area contributed by atoms with Gasteiger partial charge in [-0.15, -0.1) is 0 Å². The van der Waals surface area contributed by atoms with E-state index in [1.807, 2.05) is 0 Å². The summed E-state index contributed by atoms with van der Waals surface area (Å²) in [6.45, 7) is 1.44. The summed E-state index contributed by atoms with van der Waals surface area (Å²) in [5.74, 6) is -0.673. The maximum atomic E-state index is 13.8. The molecule has 3 aromatic rings. The van der Waals surface area contributed by atoms with Crippen LogP contribution in [-0.4, -0.2) is 39.8 Å². The number of benzene rings is 1. The van der Waals surface area contributed by atoms with Crippen LogP contribution in [0.3, 0.4) is 0 Å². The van der Waals surface area contributed by atoms with Gasteiger partial charge in [-0.1, -0.05) is 43.2 Å². The molecule has 0 radical (unpaired) electrons. The predicted molar refractivity (Wildman–Crippen MR) is 112 cm³/mol. The minimum absolute atomic E-state index is 0.0576. The molecule has 10 heteroatoms. The average Bonchev–Trinajstić information content (AvgIpc) is 3.15. The standard InChI is InChI=1S/C22H23F3N4O3/c1-12-16(20(30)27-14-10-6-7-11-15(14)32-2)21(31)29-19(26-12)17(13-8-4-3-5-9-13)18(28-29)22(23,24)25/h3-5,8-9,14-15,28H,6-7,10-11H2,1-2H3,(H,27,30). The lowest BCUT2D eigenvalue weighted by atomic mass is 9.92. The number of fused-ring (bicyclic) bond motifs is 1. The summed E-state index contributed by atoms with van der Waals surface area (Å²) in [4.78, 5) is 30.3. The van der Waals surface area contributed by atoms with Crippen molar-refractivity contribution in [2.45, 2.75) is 50.9 Å². The molecule has 0 bridgehead atoms. The third-order valence-electron chi connectivity index (χ3n) is 5.86. The highest BCUT2D eigenvalue weighted by atomic mass is 19.4. The normalized spacial score (nSPS) is 19.3. The highest BCUT2D eigenvalue weighted by Gasteiger charge is 2.39. The van der Waals surface area contributed by atoms with Gasteiger partial charge in [0.15, 0.2) is 5.65 Å². The molecule has 170 valence electrons. The fourth-order valence-corrected chi connectivity index (χ4v) is 4.31. The Kier molecular flexibility index (Phi) is 5.81. The van der Waals surface area contributed by atoms with Crippen molar-refractivity contribution >= 4 is 11.6 Å². The zero-order chi connectivity index (χ0) is 23.0. The number of ether oxygens (including phenoxy) is 1. The Morgan fingerprint density at radius 2 is 1.91 bits per heavy atom. The van der Waals surface area contributed by atoms with E-state index in [9.17, 15) is 22.8 Å². The molecule has 1 fully saturated rings. The second-order valence-electron chi connectivity index (χ2n) is 7.90. The first kappa shape index (κ1) is 22.1. The number of aromatic amines is 1. The van der Waals surface area contributed by atoms with E-state index in [-0.39, 0.29) is 40.2 Å². The molecule has 0 saturated heterocycles. The van der Waals surface area contributed by atoms with Crippen LogP contribution in [0.1, 0.15) is 47.4 Å². The second kappa shape index (κ2) is 8.42. The molecule has 4 rings (SSSR count). The van der Waals surface area contributed by atoms with Gasteiger partial charge in [0.1, 0.15) is 11.3 Å². The summed E-state index contributed by atoms with van der Waals surface area (Å²) in [6, 6.07) is 7.61. The maximum absolute atomic E-state index is 13.8. The van der Waals surface area contributed by atoms with Crippen LogP contribution < -0.4 is 10.9 Å². The zero-order valence-electron chi connectivity index (χ0n) is 17.6. The van der Waals surface area contributed by atoms with Gasteiger partial charge in [0.05, 0.1) is 23.4 Å². The lowest BCUT2D eigenvalue weighted by Crippen LogP contribution is -2.47. The quantitative estimate of drug-likeness (QED) is 0.637. The summed E-state index contributed by atoms with van der Waals surface area (Å²) in [5, 5.41) is 4.94. The van der Waals surface area contributed by atoms with Gasteiger partial charge in [0.2, 0.25) is 0 Å². The van der Waals surface area contributed by atoms with Gasteiger partial charge in [0.25, 0.3) is 11.5 Å². The molecule has 32 heavy (non-hydrogen) atoms. The topological polar surface area (TPSA) is 88.5 Å². The number of rotatable bonds is 4. The number of H-pyrrole nitrogens is 1. The van der Waals surface area contributed by atoms with Gasteiger partial charge < -0.3 is 10.1 Å². The molecule has 2 heterocycles. The Morgan fingerprint density at radius 3 is 2.56 bits per heavy atom. The van der Waals surface area contributed by atoms with Crippen LogP contribution in [0, 0.1) is 6.92 Å². The first-order chi connectivity index (χ1) is 15.2. The van der Waals surface area contributed by atoms with Crippen LogP contribution in [0.25, 0.3) is 16.8 Å². The molecular formula is C22H23F3N4O3. The number of hydrogen-bond donors (Lipinski definition) is 2. The molecule has 1 aromatic carbocycles. The van der Waals surface area contributed by atoms with Gasteiger partial charge in [-0.25, -0.2) is 4.98 Å². The van der Waals surface area contributed by atoms with Crippen LogP contribution in [-0.2, 0) is 10.9 Å². The fourth-order valence-electron chi connectivity index (χ4n) is 4.31. The molecule has 0 aliphatic heterocycles. The Morgan fingerprint density at radius 1 is 1.22 bits per heavy atom. The van der Waals surface area contributed by atoms with Crippen LogP contribution in [0.15, 0.2) is 35.1 Å². The van der Waals surface area contributed by atoms with Gasteiger partial charge in [-0.2, -0.15) is 17.7 Å². The Bertz CT molecular complexity index is 1200. The number of amides is 1. The number of carbonyl (C=O) groups is 1. The number of halogens is 3. The molecule has 0 spiro atoms. The van der Waals surface area contributed by atoms with Crippen LogP contribution in [0.2, 0.25) is 0 Å².